The number of aromatic nitrogens is 3. The highest BCUT2D eigenvalue weighted by Gasteiger charge is 2.32. The molecule has 6 nitrogen and oxygen atoms in total. The Kier molecular flexibility index (Phi) is 4.79. The molecule has 0 aliphatic rings. The fraction of sp³-hybridized carbons (Fsp3) is 0.438. The van der Waals surface area contributed by atoms with E-state index in [9.17, 15) is 14.3 Å². The predicted molar refractivity (Wildman–Crippen MR) is 83.7 cm³/mol. The second-order valence-electron chi connectivity index (χ2n) is 6.48. The zero-order valence-electron chi connectivity index (χ0n) is 13.7. The monoisotopic (exact) mass is 320 g/mol. The number of carbonyl (C=O) groups excluding carboxylic acids is 1. The predicted octanol–water partition coefficient (Wildman–Crippen LogP) is 1.89. The van der Waals surface area contributed by atoms with Crippen LogP contribution in [0, 0.1) is 11.2 Å². The minimum atomic E-state index is -0.354. The Balaban J connectivity index is 2.22. The summed E-state index contributed by atoms with van der Waals surface area (Å²) in [5.74, 6) is -0.680. The second kappa shape index (κ2) is 6.45. The number of carbonyl (C=O) groups is 1. The van der Waals surface area contributed by atoms with Gasteiger partial charge in [-0.2, -0.15) is 9.90 Å². The number of hydrogen-bond donors (Lipinski definition) is 1. The summed E-state index contributed by atoms with van der Waals surface area (Å²) >= 11 is 0. The van der Waals surface area contributed by atoms with Gasteiger partial charge in [-0.25, -0.2) is 4.39 Å². The highest BCUT2D eigenvalue weighted by Crippen LogP contribution is 2.24. The Bertz CT molecular complexity index is 676. The third-order valence-corrected chi connectivity index (χ3v) is 3.73. The Labute approximate surface area is 134 Å². The molecule has 1 N–H and O–H groups in total. The molecule has 0 aliphatic heterocycles. The van der Waals surface area contributed by atoms with Gasteiger partial charge in [-0.05, 0) is 29.7 Å². The maximum atomic E-state index is 12.9. The van der Waals surface area contributed by atoms with E-state index in [-0.39, 0.29) is 35.5 Å². The first-order chi connectivity index (χ1) is 10.7. The fourth-order valence-electron chi connectivity index (χ4n) is 2.36. The maximum absolute atomic E-state index is 12.9. The van der Waals surface area contributed by atoms with Crippen LogP contribution < -0.4 is 0 Å². The summed E-state index contributed by atoms with van der Waals surface area (Å²) in [6.45, 7) is 5.71. The largest absolute Gasteiger partial charge is 0.394 e. The summed E-state index contributed by atoms with van der Waals surface area (Å²) in [5.41, 5.74) is 0.453. The van der Waals surface area contributed by atoms with Gasteiger partial charge in [-0.15, -0.1) is 5.10 Å². The number of hydrogen-bond acceptors (Lipinski definition) is 4. The topological polar surface area (TPSA) is 71.2 Å². The molecule has 1 aromatic heterocycles. The quantitative estimate of drug-likeness (QED) is 0.934. The summed E-state index contributed by atoms with van der Waals surface area (Å²) in [5, 5.41) is 17.7. The number of rotatable bonds is 4. The first-order valence-corrected chi connectivity index (χ1v) is 7.30. The number of benzene rings is 1. The van der Waals surface area contributed by atoms with E-state index in [0.717, 1.165) is 0 Å². The van der Waals surface area contributed by atoms with Crippen LogP contribution in [0.3, 0.4) is 0 Å². The van der Waals surface area contributed by atoms with Gasteiger partial charge in [0.2, 0.25) is 0 Å². The van der Waals surface area contributed by atoms with E-state index >= 15 is 0 Å². The lowest BCUT2D eigenvalue weighted by atomic mass is 9.86. The maximum Gasteiger partial charge on any atom is 0.276 e. The van der Waals surface area contributed by atoms with Crippen molar-refractivity contribution in [2.24, 2.45) is 5.41 Å². The highest BCUT2D eigenvalue weighted by molar-refractivity contribution is 5.92. The minimum absolute atomic E-state index is 0.141. The van der Waals surface area contributed by atoms with Gasteiger partial charge < -0.3 is 10.0 Å². The van der Waals surface area contributed by atoms with Crippen LogP contribution in [0.25, 0.3) is 5.69 Å². The number of nitrogens with zero attached hydrogens (tertiary/aromatic N) is 4. The molecule has 23 heavy (non-hydrogen) atoms. The van der Waals surface area contributed by atoms with Crippen molar-refractivity contribution in [1.29, 1.82) is 0 Å². The van der Waals surface area contributed by atoms with Crippen LogP contribution in [0.5, 0.6) is 0 Å². The van der Waals surface area contributed by atoms with E-state index in [1.54, 1.807) is 7.05 Å². The Morgan fingerprint density at radius 2 is 1.96 bits per heavy atom. The second-order valence-corrected chi connectivity index (χ2v) is 6.48. The number of aliphatic hydroxyl groups is 1. The van der Waals surface area contributed by atoms with E-state index in [1.165, 1.54) is 40.2 Å². The molecule has 1 unspecified atom stereocenters. The van der Waals surface area contributed by atoms with Crippen molar-refractivity contribution in [2.75, 3.05) is 13.7 Å². The summed E-state index contributed by atoms with van der Waals surface area (Å²) in [7, 11) is 1.63. The van der Waals surface area contributed by atoms with Crippen LogP contribution in [-0.4, -0.2) is 50.6 Å². The Morgan fingerprint density at radius 3 is 2.48 bits per heavy atom. The number of aliphatic hydroxyl groups excluding tert-OH is 1. The third-order valence-electron chi connectivity index (χ3n) is 3.73. The van der Waals surface area contributed by atoms with Crippen molar-refractivity contribution in [2.45, 2.75) is 26.8 Å². The summed E-state index contributed by atoms with van der Waals surface area (Å²) in [4.78, 5) is 15.3. The van der Waals surface area contributed by atoms with Crippen molar-refractivity contribution in [3.63, 3.8) is 0 Å². The minimum Gasteiger partial charge on any atom is -0.394 e. The van der Waals surface area contributed by atoms with Gasteiger partial charge in [0.05, 0.1) is 24.5 Å². The molecule has 2 rings (SSSR count). The number of likely N-dealkylation sites (N-methyl/N-ethyl adjacent to an activating group) is 1. The molecule has 1 atom stereocenters. The Hall–Kier alpha value is -2.28. The molecule has 0 bridgehead atoms. The van der Waals surface area contributed by atoms with Crippen LogP contribution >= 0.6 is 0 Å². The van der Waals surface area contributed by atoms with E-state index in [0.29, 0.717) is 5.69 Å². The van der Waals surface area contributed by atoms with Gasteiger partial charge in [-0.1, -0.05) is 20.8 Å². The van der Waals surface area contributed by atoms with Gasteiger partial charge in [0.15, 0.2) is 5.69 Å². The number of amides is 1. The summed E-state index contributed by atoms with van der Waals surface area (Å²) in [6.07, 6.45) is 1.36. The van der Waals surface area contributed by atoms with Gasteiger partial charge in [0, 0.05) is 7.05 Å². The molecular weight excluding hydrogens is 299 g/mol. The zero-order valence-corrected chi connectivity index (χ0v) is 13.7. The highest BCUT2D eigenvalue weighted by atomic mass is 19.1. The first kappa shape index (κ1) is 17.1. The lowest BCUT2D eigenvalue weighted by molar-refractivity contribution is 0.0428. The molecule has 0 fully saturated rings. The van der Waals surface area contributed by atoms with Gasteiger partial charge in [-0.3, -0.25) is 4.79 Å². The van der Waals surface area contributed by atoms with Crippen LogP contribution in [0.15, 0.2) is 30.5 Å². The van der Waals surface area contributed by atoms with E-state index in [2.05, 4.69) is 10.2 Å². The average molecular weight is 320 g/mol. The van der Waals surface area contributed by atoms with E-state index in [1.807, 2.05) is 20.8 Å². The lowest BCUT2D eigenvalue weighted by Crippen LogP contribution is -2.47. The zero-order chi connectivity index (χ0) is 17.2. The van der Waals surface area contributed by atoms with Crippen molar-refractivity contribution in [3.05, 3.63) is 42.0 Å². The van der Waals surface area contributed by atoms with E-state index < -0.39 is 0 Å². The van der Waals surface area contributed by atoms with E-state index in [4.69, 9.17) is 0 Å². The molecule has 0 saturated heterocycles. The van der Waals surface area contributed by atoms with Crippen LogP contribution in [0.4, 0.5) is 4.39 Å². The third kappa shape index (κ3) is 3.73. The lowest BCUT2D eigenvalue weighted by Gasteiger charge is -2.36. The van der Waals surface area contributed by atoms with Crippen molar-refractivity contribution < 1.29 is 14.3 Å². The summed E-state index contributed by atoms with van der Waals surface area (Å²) < 4.78 is 12.9. The molecule has 124 valence electrons. The van der Waals surface area contributed by atoms with Gasteiger partial charge in [0.25, 0.3) is 5.91 Å². The first-order valence-electron chi connectivity index (χ1n) is 7.30. The molecular formula is C16H21FN4O2. The average Bonchev–Trinajstić information content (AvgIpc) is 2.96. The SMILES string of the molecule is CN(C(=O)c1cnn(-c2ccc(F)cc2)n1)C(CO)C(C)(C)C. The smallest absolute Gasteiger partial charge is 0.276 e. The number of halogens is 1. The molecule has 0 radical (unpaired) electrons. The molecule has 0 saturated carbocycles. The molecule has 0 spiro atoms. The van der Waals surface area contributed by atoms with Gasteiger partial charge >= 0.3 is 0 Å². The van der Waals surface area contributed by atoms with Gasteiger partial charge in [0.1, 0.15) is 5.82 Å². The van der Waals surface area contributed by atoms with Crippen LogP contribution in [-0.2, 0) is 0 Å². The van der Waals surface area contributed by atoms with Crippen LogP contribution in [0.1, 0.15) is 31.3 Å². The normalized spacial score (nSPS) is 13.0. The molecule has 1 amide bonds. The van der Waals surface area contributed by atoms with Crippen LogP contribution in [0.2, 0.25) is 0 Å². The molecule has 0 aliphatic carbocycles. The fourth-order valence-corrected chi connectivity index (χ4v) is 2.36. The summed E-state index contributed by atoms with van der Waals surface area (Å²) in [6, 6.07) is 5.31. The molecule has 7 heteroatoms. The molecule has 2 aromatic rings. The molecule has 1 aromatic carbocycles. The Morgan fingerprint density at radius 1 is 1.35 bits per heavy atom. The molecule has 1 heterocycles. The standard InChI is InChI=1S/C16H21FN4O2/c1-16(2,3)14(10-22)20(4)15(23)13-9-18-21(19-13)12-7-5-11(17)6-8-12/h5-9,14,22H,10H2,1-4H3. The van der Waals surface area contributed by atoms with Crippen molar-refractivity contribution in [1.82, 2.24) is 19.9 Å². The van der Waals surface area contributed by atoms with Crippen molar-refractivity contribution >= 4 is 5.91 Å². The van der Waals surface area contributed by atoms with Crippen molar-refractivity contribution in [3.8, 4) is 5.69 Å².